The van der Waals surface area contributed by atoms with E-state index in [0.717, 1.165) is 16.8 Å². The van der Waals surface area contributed by atoms with Crippen LogP contribution in [0.1, 0.15) is 47.1 Å². The predicted molar refractivity (Wildman–Crippen MR) is 125 cm³/mol. The topological polar surface area (TPSA) is 50.2 Å². The Morgan fingerprint density at radius 1 is 0.968 bits per heavy atom. The number of aliphatic hydroxyl groups is 1. The maximum Gasteiger partial charge on any atom is 0.164 e. The van der Waals surface area contributed by atoms with Gasteiger partial charge in [0.15, 0.2) is 5.78 Å². The number of hydrogen-bond donors (Lipinski definition) is 1. The number of hydrogen-bond acceptors (Lipinski definition) is 3. The van der Waals surface area contributed by atoms with E-state index in [1.165, 1.54) is 17.0 Å². The van der Waals surface area contributed by atoms with Gasteiger partial charge in [-0.15, -0.1) is 35.9 Å². The first kappa shape index (κ1) is 26.7. The number of rotatable bonds is 2. The van der Waals surface area contributed by atoms with Crippen LogP contribution < -0.4 is 0 Å². The van der Waals surface area contributed by atoms with Crippen molar-refractivity contribution in [3.8, 4) is 11.3 Å². The minimum atomic E-state index is -0.417. The second-order valence-corrected chi connectivity index (χ2v) is 9.52. The normalized spacial score (nSPS) is 11.9. The van der Waals surface area contributed by atoms with Gasteiger partial charge < -0.3 is 5.11 Å². The third-order valence-electron chi connectivity index (χ3n) is 4.65. The molecule has 3 aromatic rings. The van der Waals surface area contributed by atoms with Crippen LogP contribution in [0.25, 0.3) is 22.2 Å². The summed E-state index contributed by atoms with van der Waals surface area (Å²) in [5, 5.41) is 10.7. The van der Waals surface area contributed by atoms with Gasteiger partial charge in [-0.25, -0.2) is 0 Å². The average molecular weight is 595 g/mol. The number of carbonyl (C=O) groups is 1. The molecule has 0 aliphatic heterocycles. The second kappa shape index (κ2) is 10.8. The Morgan fingerprint density at radius 3 is 2.13 bits per heavy atom. The minimum absolute atomic E-state index is 0. The maximum absolute atomic E-state index is 11.5. The summed E-state index contributed by atoms with van der Waals surface area (Å²) in [5.41, 5.74) is 3.52. The number of pyridine rings is 1. The molecule has 0 saturated heterocycles. The number of para-hydroxylation sites is 1. The molecule has 0 fully saturated rings. The Morgan fingerprint density at radius 2 is 1.58 bits per heavy atom. The zero-order valence-electron chi connectivity index (χ0n) is 19.4. The van der Waals surface area contributed by atoms with Gasteiger partial charge in [-0.05, 0) is 24.1 Å². The van der Waals surface area contributed by atoms with Crippen molar-refractivity contribution in [1.82, 2.24) is 4.98 Å². The fourth-order valence-corrected chi connectivity index (χ4v) is 2.59. The van der Waals surface area contributed by atoms with Crippen molar-refractivity contribution >= 4 is 16.7 Å². The van der Waals surface area contributed by atoms with Crippen molar-refractivity contribution in [2.45, 2.75) is 48.5 Å². The first-order valence-corrected chi connectivity index (χ1v) is 10.2. The van der Waals surface area contributed by atoms with Crippen molar-refractivity contribution in [3.05, 3.63) is 78.1 Å². The number of aliphatic hydroxyl groups excluding tert-OH is 1. The third kappa shape index (κ3) is 7.72. The number of fused-ring (bicyclic) bond motifs is 1. The van der Waals surface area contributed by atoms with Gasteiger partial charge in [-0.1, -0.05) is 71.4 Å². The average Bonchev–Trinajstić information content (AvgIpc) is 2.67. The number of ketones is 1. The second-order valence-electron chi connectivity index (χ2n) is 9.52. The van der Waals surface area contributed by atoms with Gasteiger partial charge >= 0.3 is 0 Å². The van der Waals surface area contributed by atoms with Crippen LogP contribution in [-0.2, 0) is 24.9 Å². The number of carbonyl (C=O) groups excluding carboxylic acids is 1. The standard InChI is InChI=1S/C16H12N.C11H20O2.Ir/c1-12-11-14-9-5-6-10-15(14)17-16(12)13-7-3-2-4-8-13;1-10(2,3)8(12)7-9(13)11(4,5)6;/h2-7,9-11H,1H3;7,12H,1-6H3;/q-1;;. The molecule has 0 atom stereocenters. The molecule has 0 unspecified atom stereocenters. The van der Waals surface area contributed by atoms with Gasteiger partial charge in [-0.3, -0.25) is 9.78 Å². The summed E-state index contributed by atoms with van der Waals surface area (Å²) in [5.74, 6) is 0.104. The van der Waals surface area contributed by atoms with Gasteiger partial charge in [0.1, 0.15) is 5.76 Å². The smallest absolute Gasteiger partial charge is 0.164 e. The van der Waals surface area contributed by atoms with E-state index in [1.54, 1.807) is 0 Å². The maximum atomic E-state index is 11.5. The van der Waals surface area contributed by atoms with Crippen LogP contribution in [0.5, 0.6) is 0 Å². The quantitative estimate of drug-likeness (QED) is 0.196. The van der Waals surface area contributed by atoms with E-state index in [1.807, 2.05) is 84.0 Å². The molecule has 1 heterocycles. The molecule has 3 rings (SSSR count). The first-order chi connectivity index (χ1) is 13.9. The molecule has 0 amide bonds. The Labute approximate surface area is 200 Å². The Hall–Kier alpha value is -2.29. The molecule has 1 N–H and O–H groups in total. The largest absolute Gasteiger partial charge is 0.512 e. The molecule has 4 heteroatoms. The van der Waals surface area contributed by atoms with Crippen LogP contribution in [0.15, 0.2) is 66.4 Å². The van der Waals surface area contributed by atoms with Crippen molar-refractivity contribution in [1.29, 1.82) is 0 Å². The molecule has 167 valence electrons. The van der Waals surface area contributed by atoms with Crippen molar-refractivity contribution < 1.29 is 30.0 Å². The Bertz CT molecular complexity index is 1040. The summed E-state index contributed by atoms with van der Waals surface area (Å²) in [4.78, 5) is 16.2. The summed E-state index contributed by atoms with van der Waals surface area (Å²) in [6, 6.07) is 21.6. The van der Waals surface area contributed by atoms with E-state index in [-0.39, 0.29) is 37.1 Å². The van der Waals surface area contributed by atoms with Crippen LogP contribution in [0.2, 0.25) is 0 Å². The van der Waals surface area contributed by atoms with Crippen LogP contribution in [0.4, 0.5) is 0 Å². The van der Waals surface area contributed by atoms with E-state index in [9.17, 15) is 9.90 Å². The van der Waals surface area contributed by atoms with Crippen LogP contribution in [-0.4, -0.2) is 15.9 Å². The molecule has 0 aliphatic rings. The van der Waals surface area contributed by atoms with E-state index < -0.39 is 5.41 Å². The van der Waals surface area contributed by atoms with Crippen molar-refractivity contribution in [3.63, 3.8) is 0 Å². The summed E-state index contributed by atoms with van der Waals surface area (Å²) in [6.45, 7) is 13.2. The molecule has 0 aliphatic carbocycles. The van der Waals surface area contributed by atoms with Gasteiger partial charge in [-0.2, -0.15) is 0 Å². The van der Waals surface area contributed by atoms with E-state index in [2.05, 4.69) is 25.1 Å². The molecule has 1 aromatic heterocycles. The van der Waals surface area contributed by atoms with E-state index in [0.29, 0.717) is 0 Å². The zero-order valence-corrected chi connectivity index (χ0v) is 21.8. The minimum Gasteiger partial charge on any atom is -0.512 e. The number of allylic oxidation sites excluding steroid dienone is 2. The number of nitrogens with zero attached hydrogens (tertiary/aromatic N) is 1. The Balaban J connectivity index is 0.000000314. The summed E-state index contributed by atoms with van der Waals surface area (Å²) in [6.07, 6.45) is 1.33. The third-order valence-corrected chi connectivity index (χ3v) is 4.65. The SMILES string of the molecule is CC(C)(C)C(=O)C=C(O)C(C)(C)C.Cc1cc2ccccc2nc1-c1[c-]cccc1.[Ir]. The van der Waals surface area contributed by atoms with Gasteiger partial charge in [0.25, 0.3) is 0 Å². The number of aromatic nitrogens is 1. The van der Waals surface area contributed by atoms with Gasteiger partial charge in [0.2, 0.25) is 0 Å². The fourth-order valence-electron chi connectivity index (χ4n) is 2.59. The van der Waals surface area contributed by atoms with Crippen molar-refractivity contribution in [2.75, 3.05) is 0 Å². The van der Waals surface area contributed by atoms with E-state index >= 15 is 0 Å². The molecule has 0 spiro atoms. The molecule has 1 radical (unpaired) electrons. The molecular weight excluding hydrogens is 563 g/mol. The summed E-state index contributed by atoms with van der Waals surface area (Å²) >= 11 is 0. The number of aryl methyl sites for hydroxylation is 1. The van der Waals surface area contributed by atoms with Crippen LogP contribution in [0, 0.1) is 23.8 Å². The van der Waals surface area contributed by atoms with E-state index in [4.69, 9.17) is 4.98 Å². The molecule has 0 bridgehead atoms. The molecule has 2 aromatic carbocycles. The van der Waals surface area contributed by atoms with Crippen LogP contribution >= 0.6 is 0 Å². The van der Waals surface area contributed by atoms with Crippen LogP contribution in [0.3, 0.4) is 0 Å². The van der Waals surface area contributed by atoms with Gasteiger partial charge in [0, 0.05) is 37.0 Å². The predicted octanol–water partition coefficient (Wildman–Crippen LogP) is 7.10. The monoisotopic (exact) mass is 595 g/mol. The fraction of sp³-hybridized carbons (Fsp3) is 0.333. The number of benzene rings is 2. The summed E-state index contributed by atoms with van der Waals surface area (Å²) < 4.78 is 0. The Kier molecular flexibility index (Phi) is 9.35. The summed E-state index contributed by atoms with van der Waals surface area (Å²) in [7, 11) is 0. The molecular formula is C27H32IrNO2-. The van der Waals surface area contributed by atoms with Gasteiger partial charge in [0.05, 0.1) is 5.52 Å². The van der Waals surface area contributed by atoms with Crippen molar-refractivity contribution in [2.24, 2.45) is 10.8 Å². The molecule has 3 nitrogen and oxygen atoms in total. The molecule has 31 heavy (non-hydrogen) atoms. The molecule has 0 saturated carbocycles. The zero-order chi connectivity index (χ0) is 22.5. The first-order valence-electron chi connectivity index (χ1n) is 10.2.